The second kappa shape index (κ2) is 13.5. The summed E-state index contributed by atoms with van der Waals surface area (Å²) in [5.74, 6) is -3.32. The molecular formula is C32H50N6O7S2. The van der Waals surface area contributed by atoms with E-state index < -0.39 is 69.1 Å². The fourth-order valence-electron chi connectivity index (χ4n) is 6.89. The van der Waals surface area contributed by atoms with Gasteiger partial charge in [0.25, 0.3) is 15.9 Å². The van der Waals surface area contributed by atoms with E-state index in [1.54, 1.807) is 11.4 Å². The summed E-state index contributed by atoms with van der Waals surface area (Å²) >= 11 is 1.11. The first-order valence-electron chi connectivity index (χ1n) is 16.2. The summed E-state index contributed by atoms with van der Waals surface area (Å²) in [6.07, 6.45) is 2.26. The molecule has 2 heterocycles. The van der Waals surface area contributed by atoms with Gasteiger partial charge in [-0.15, -0.1) is 11.3 Å². The molecule has 6 atom stereocenters. The van der Waals surface area contributed by atoms with Crippen LogP contribution >= 0.6 is 11.3 Å². The normalized spacial score (nSPS) is 24.1. The molecule has 0 bridgehead atoms. The molecule has 3 aliphatic rings. The number of carbonyl (C=O) groups is 5. The lowest BCUT2D eigenvalue weighted by Crippen LogP contribution is -2.62. The molecule has 0 spiro atoms. The van der Waals surface area contributed by atoms with Gasteiger partial charge in [0, 0.05) is 26.2 Å². The van der Waals surface area contributed by atoms with Crippen molar-refractivity contribution in [3.8, 4) is 0 Å². The Morgan fingerprint density at radius 1 is 1.11 bits per heavy atom. The maximum atomic E-state index is 14.3. The number of thiophene rings is 1. The molecule has 13 nitrogen and oxygen atoms in total. The molecule has 1 aliphatic heterocycles. The molecule has 5 N–H and O–H groups in total. The average molecular weight is 695 g/mol. The topological polar surface area (TPSA) is 188 Å². The van der Waals surface area contributed by atoms with Crippen molar-refractivity contribution >= 4 is 50.9 Å². The zero-order valence-corrected chi connectivity index (χ0v) is 30.2. The van der Waals surface area contributed by atoms with Gasteiger partial charge in [0.15, 0.2) is 0 Å². The van der Waals surface area contributed by atoms with Gasteiger partial charge in [0.2, 0.25) is 17.6 Å². The number of amides is 5. The van der Waals surface area contributed by atoms with E-state index in [0.717, 1.165) is 17.8 Å². The maximum Gasteiger partial charge on any atom is 0.315 e. The Morgan fingerprint density at radius 3 is 2.23 bits per heavy atom. The summed E-state index contributed by atoms with van der Waals surface area (Å²) in [5.41, 5.74) is 4.34. The third-order valence-corrected chi connectivity index (χ3v) is 13.5. The number of carbonyl (C=O) groups excluding carboxylic acids is 5. The molecule has 4 rings (SSSR count). The van der Waals surface area contributed by atoms with Crippen molar-refractivity contribution in [2.45, 2.75) is 96.1 Å². The Balaban J connectivity index is 1.51. The van der Waals surface area contributed by atoms with Crippen LogP contribution < -0.4 is 21.7 Å². The molecule has 15 heteroatoms. The minimum Gasteiger partial charge on any atom is -0.363 e. The predicted molar refractivity (Wildman–Crippen MR) is 177 cm³/mol. The second-order valence-corrected chi connectivity index (χ2v) is 18.5. The number of ketones is 1. The lowest BCUT2D eigenvalue weighted by molar-refractivity contribution is -0.145. The number of fused-ring (bicyclic) bond motifs is 1. The highest BCUT2D eigenvalue weighted by Crippen LogP contribution is 2.65. The van der Waals surface area contributed by atoms with Crippen LogP contribution in [0.3, 0.4) is 0 Å². The van der Waals surface area contributed by atoms with E-state index in [9.17, 15) is 32.4 Å². The first-order chi connectivity index (χ1) is 21.7. The van der Waals surface area contributed by atoms with Gasteiger partial charge in [-0.1, -0.05) is 61.0 Å². The SMILES string of the molecule is CC(C)[C@@H](CN(C)S(=O)(=O)c1cccs1)NC(=O)N[C@H](C(=O)N1C[C@H]2[C@@H]([C@H]1C(=O)NC(C(=O)C(N)=O)C1CCC1)C2(C)C)C(C)(C)C. The van der Waals surface area contributed by atoms with Crippen LogP contribution in [-0.4, -0.2) is 91.5 Å². The molecule has 1 aromatic rings. The van der Waals surface area contributed by atoms with Gasteiger partial charge >= 0.3 is 6.03 Å². The minimum atomic E-state index is -3.74. The number of likely N-dealkylation sites (tertiary alicyclic amines) is 1. The van der Waals surface area contributed by atoms with Crippen LogP contribution in [-0.2, 0) is 29.2 Å². The molecule has 1 aromatic heterocycles. The van der Waals surface area contributed by atoms with Crippen molar-refractivity contribution in [2.24, 2.45) is 40.2 Å². The Labute approximate surface area is 281 Å². The zero-order chi connectivity index (χ0) is 35.2. The molecule has 2 aliphatic carbocycles. The number of rotatable bonds is 13. The summed E-state index contributed by atoms with van der Waals surface area (Å²) in [4.78, 5) is 67.6. The maximum absolute atomic E-state index is 14.3. The standard InChI is InChI=1S/C32H50N6O7S2/c1-17(2)20(16-37(8)47(44,45)21-13-10-14-46-21)34-30(43)36-26(31(3,4)5)29(42)38-15-19-22(32(19,6)7)24(38)28(41)35-23(18-11-9-12-18)25(39)27(33)40/h10,13-14,17-20,22-24,26H,9,11-12,15-16H2,1-8H3,(H2,33,40)(H,35,41)(H2,34,36,43)/t19-,20+,22-,23?,24-,26+/m0/s1. The van der Waals surface area contributed by atoms with E-state index in [1.807, 2.05) is 48.5 Å². The average Bonchev–Trinajstić information content (AvgIpc) is 3.40. The quantitative estimate of drug-likeness (QED) is 0.227. The van der Waals surface area contributed by atoms with Crippen molar-refractivity contribution in [1.82, 2.24) is 25.2 Å². The van der Waals surface area contributed by atoms with E-state index in [-0.39, 0.29) is 39.8 Å². The summed E-state index contributed by atoms with van der Waals surface area (Å²) in [5, 5.41) is 10.2. The van der Waals surface area contributed by atoms with Crippen LogP contribution in [0.25, 0.3) is 0 Å². The number of primary amides is 1. The van der Waals surface area contributed by atoms with E-state index in [0.29, 0.717) is 19.4 Å². The van der Waals surface area contributed by atoms with E-state index in [1.165, 1.54) is 22.3 Å². The first-order valence-corrected chi connectivity index (χ1v) is 18.5. The Kier molecular flexibility index (Phi) is 10.5. The summed E-state index contributed by atoms with van der Waals surface area (Å²) in [6, 6.07) is -0.984. The fraction of sp³-hybridized carbons (Fsp3) is 0.719. The van der Waals surface area contributed by atoms with E-state index in [4.69, 9.17) is 5.73 Å². The lowest BCUT2D eigenvalue weighted by Gasteiger charge is -2.39. The van der Waals surface area contributed by atoms with Crippen LogP contribution in [0.5, 0.6) is 0 Å². The molecule has 1 unspecified atom stereocenters. The highest BCUT2D eigenvalue weighted by molar-refractivity contribution is 7.91. The molecule has 2 saturated carbocycles. The van der Waals surface area contributed by atoms with Gasteiger partial charge in [-0.3, -0.25) is 19.2 Å². The zero-order valence-electron chi connectivity index (χ0n) is 28.5. The monoisotopic (exact) mass is 694 g/mol. The molecule has 262 valence electrons. The van der Waals surface area contributed by atoms with Crippen LogP contribution in [0.4, 0.5) is 4.79 Å². The Bertz CT molecular complexity index is 1480. The molecule has 3 fully saturated rings. The van der Waals surface area contributed by atoms with Gasteiger partial charge in [-0.25, -0.2) is 13.2 Å². The summed E-state index contributed by atoms with van der Waals surface area (Å²) in [6.45, 7) is 13.6. The number of sulfonamides is 1. The summed E-state index contributed by atoms with van der Waals surface area (Å²) < 4.78 is 27.5. The van der Waals surface area contributed by atoms with Crippen molar-refractivity contribution < 1.29 is 32.4 Å². The van der Waals surface area contributed by atoms with Crippen molar-refractivity contribution in [3.63, 3.8) is 0 Å². The first kappa shape index (κ1) is 36.8. The number of nitrogens with zero attached hydrogens (tertiary/aromatic N) is 2. The van der Waals surface area contributed by atoms with E-state index >= 15 is 0 Å². The molecule has 0 aromatic carbocycles. The van der Waals surface area contributed by atoms with Crippen LogP contribution in [0, 0.1) is 34.5 Å². The molecule has 0 radical (unpaired) electrons. The van der Waals surface area contributed by atoms with Crippen LogP contribution in [0.1, 0.15) is 67.7 Å². The predicted octanol–water partition coefficient (Wildman–Crippen LogP) is 1.93. The molecule has 1 saturated heterocycles. The molecular weight excluding hydrogens is 645 g/mol. The highest BCUT2D eigenvalue weighted by atomic mass is 32.2. The Morgan fingerprint density at radius 2 is 1.74 bits per heavy atom. The largest absolute Gasteiger partial charge is 0.363 e. The summed E-state index contributed by atoms with van der Waals surface area (Å²) in [7, 11) is -2.28. The van der Waals surface area contributed by atoms with Crippen molar-refractivity contribution in [1.29, 1.82) is 0 Å². The van der Waals surface area contributed by atoms with Gasteiger partial charge in [-0.2, -0.15) is 4.31 Å². The van der Waals surface area contributed by atoms with Gasteiger partial charge in [0.1, 0.15) is 22.3 Å². The fourth-order valence-corrected chi connectivity index (χ4v) is 9.29. The van der Waals surface area contributed by atoms with Crippen LogP contribution in [0.2, 0.25) is 0 Å². The van der Waals surface area contributed by atoms with E-state index in [2.05, 4.69) is 16.0 Å². The smallest absolute Gasteiger partial charge is 0.315 e. The number of piperidine rings is 1. The number of hydrogen-bond donors (Lipinski definition) is 4. The van der Waals surface area contributed by atoms with Gasteiger partial charge in [-0.05, 0) is 58.8 Å². The number of Topliss-reactive ketones (excluding diaryl/α,β-unsaturated/α-hetero) is 1. The minimum absolute atomic E-state index is 0.0123. The molecule has 47 heavy (non-hydrogen) atoms. The number of nitrogens with two attached hydrogens (primary N) is 1. The number of urea groups is 1. The van der Waals surface area contributed by atoms with Crippen molar-refractivity contribution in [3.05, 3.63) is 17.5 Å². The number of likely N-dealkylation sites (N-methyl/N-ethyl adjacent to an activating group) is 1. The van der Waals surface area contributed by atoms with Crippen molar-refractivity contribution in [2.75, 3.05) is 20.1 Å². The Hall–Kier alpha value is -3.04. The third-order valence-electron chi connectivity index (χ3n) is 10.3. The second-order valence-electron chi connectivity index (χ2n) is 15.3. The third kappa shape index (κ3) is 7.51. The number of nitrogens with one attached hydrogen (secondary N) is 3. The van der Waals surface area contributed by atoms with Crippen LogP contribution in [0.15, 0.2) is 21.7 Å². The van der Waals surface area contributed by atoms with Gasteiger partial charge < -0.3 is 26.6 Å². The molecule has 5 amide bonds. The number of hydrogen-bond acceptors (Lipinski definition) is 8. The highest BCUT2D eigenvalue weighted by Gasteiger charge is 2.70. The lowest BCUT2D eigenvalue weighted by atomic mass is 9.78. The van der Waals surface area contributed by atoms with Gasteiger partial charge in [0.05, 0.1) is 0 Å².